The first kappa shape index (κ1) is 22.1. The summed E-state index contributed by atoms with van der Waals surface area (Å²) in [6, 6.07) is 14.4. The number of fused-ring (bicyclic) bond motifs is 1. The van der Waals surface area contributed by atoms with Crippen LogP contribution in [0.25, 0.3) is 11.0 Å². The minimum Gasteiger partial charge on any atom is -0.388 e. The van der Waals surface area contributed by atoms with Crippen molar-refractivity contribution in [2.24, 2.45) is 0 Å². The Kier molecular flexibility index (Phi) is 5.95. The third kappa shape index (κ3) is 4.81. The number of hydrogen-bond acceptors (Lipinski definition) is 7. The lowest BCUT2D eigenvalue weighted by atomic mass is 9.90. The van der Waals surface area contributed by atoms with E-state index in [1.807, 2.05) is 18.2 Å². The van der Waals surface area contributed by atoms with Gasteiger partial charge in [-0.05, 0) is 62.1 Å². The Bertz CT molecular complexity index is 1110. The summed E-state index contributed by atoms with van der Waals surface area (Å²) in [5, 5.41) is 25.7. The minimum absolute atomic E-state index is 0.462. The van der Waals surface area contributed by atoms with E-state index in [9.17, 15) is 10.2 Å². The average Bonchev–Trinajstić information content (AvgIpc) is 3.21. The van der Waals surface area contributed by atoms with E-state index in [2.05, 4.69) is 56.3 Å². The first-order valence-electron chi connectivity index (χ1n) is 11.9. The van der Waals surface area contributed by atoms with Gasteiger partial charge in [-0.25, -0.2) is 0 Å². The lowest BCUT2D eigenvalue weighted by Crippen LogP contribution is -2.53. The Morgan fingerprint density at radius 3 is 2.45 bits per heavy atom. The number of piperidine rings is 1. The van der Waals surface area contributed by atoms with Crippen LogP contribution in [0.1, 0.15) is 24.8 Å². The van der Waals surface area contributed by atoms with E-state index in [0.29, 0.717) is 38.9 Å². The van der Waals surface area contributed by atoms with Crippen LogP contribution in [0.5, 0.6) is 0 Å². The van der Waals surface area contributed by atoms with Crippen LogP contribution in [0, 0.1) is 6.92 Å². The van der Waals surface area contributed by atoms with E-state index in [-0.39, 0.29) is 0 Å². The fourth-order valence-electron chi connectivity index (χ4n) is 5.14. The van der Waals surface area contributed by atoms with Crippen LogP contribution < -0.4 is 15.1 Å². The first-order chi connectivity index (χ1) is 15.9. The second-order valence-corrected chi connectivity index (χ2v) is 9.75. The summed E-state index contributed by atoms with van der Waals surface area (Å²) >= 11 is 0. The molecule has 7 nitrogen and oxygen atoms in total. The quantitative estimate of drug-likeness (QED) is 0.535. The average molecular weight is 448 g/mol. The number of benzene rings is 1. The molecule has 3 N–H and O–H groups in total. The Hall–Kier alpha value is -2.74. The number of hydrogen-bond donors (Lipinski definition) is 3. The molecule has 2 aliphatic rings. The zero-order valence-electron chi connectivity index (χ0n) is 19.2. The molecule has 2 fully saturated rings. The fourth-order valence-corrected chi connectivity index (χ4v) is 5.14. The Morgan fingerprint density at radius 1 is 0.879 bits per heavy atom. The highest BCUT2D eigenvalue weighted by atomic mass is 16.3. The number of nitrogens with zero attached hydrogens (tertiary/aromatic N) is 4. The highest BCUT2D eigenvalue weighted by Crippen LogP contribution is 2.31. The molecule has 2 saturated heterocycles. The van der Waals surface area contributed by atoms with E-state index >= 15 is 0 Å². The number of β-amino-alcohol motifs (C(OH)–C–C–N with tert-alkyl or cyclic N) is 1. The van der Waals surface area contributed by atoms with Gasteiger partial charge in [-0.2, -0.15) is 0 Å². The molecule has 3 aromatic rings. The molecule has 174 valence electrons. The van der Waals surface area contributed by atoms with Gasteiger partial charge in [-0.1, -0.05) is 12.1 Å². The minimum atomic E-state index is -0.830. The molecule has 0 bridgehead atoms. The topological polar surface area (TPSA) is 84.8 Å². The molecule has 0 saturated carbocycles. The van der Waals surface area contributed by atoms with Gasteiger partial charge in [0, 0.05) is 57.3 Å². The molecule has 0 radical (unpaired) electrons. The van der Waals surface area contributed by atoms with E-state index in [1.54, 1.807) is 12.4 Å². The largest absolute Gasteiger partial charge is 0.388 e. The van der Waals surface area contributed by atoms with Crippen LogP contribution >= 0.6 is 0 Å². The van der Waals surface area contributed by atoms with Crippen molar-refractivity contribution in [1.29, 1.82) is 0 Å². The second-order valence-electron chi connectivity index (χ2n) is 9.75. The molecule has 0 aliphatic carbocycles. The predicted octanol–water partition coefficient (Wildman–Crippen LogP) is 2.50. The van der Waals surface area contributed by atoms with Gasteiger partial charge in [0.15, 0.2) is 0 Å². The van der Waals surface area contributed by atoms with E-state index in [1.165, 1.54) is 11.3 Å². The van der Waals surface area contributed by atoms with Gasteiger partial charge < -0.3 is 25.3 Å². The van der Waals surface area contributed by atoms with Crippen LogP contribution in [-0.2, 0) is 0 Å². The standard InChI is InChI=1S/C26H33N5O2/c1-20-4-2-5-21(16-20)30-13-8-25(32,9-14-30)17-27-18-26(33)10-15-31(19-26)23-7-12-28-22-6-3-11-29-24(22)23/h2-7,11-12,16,27,32-33H,8-10,13-15,17-19H2,1H3/t26-/m1/s1. The van der Waals surface area contributed by atoms with Gasteiger partial charge in [0.1, 0.15) is 5.52 Å². The second kappa shape index (κ2) is 8.89. The molecule has 33 heavy (non-hydrogen) atoms. The SMILES string of the molecule is Cc1cccc(N2CCC(O)(CNC[C@]3(O)CCN(c4ccnc5cccnc45)C3)CC2)c1. The van der Waals surface area contributed by atoms with Crippen molar-refractivity contribution in [3.63, 3.8) is 0 Å². The van der Waals surface area contributed by atoms with Crippen molar-refractivity contribution < 1.29 is 10.2 Å². The monoisotopic (exact) mass is 447 g/mol. The van der Waals surface area contributed by atoms with Crippen molar-refractivity contribution in [3.05, 3.63) is 60.4 Å². The van der Waals surface area contributed by atoms with Crippen LogP contribution in [0.3, 0.4) is 0 Å². The maximum absolute atomic E-state index is 11.2. The molecule has 2 aliphatic heterocycles. The molecule has 0 unspecified atom stereocenters. The van der Waals surface area contributed by atoms with E-state index in [0.717, 1.165) is 36.4 Å². The van der Waals surface area contributed by atoms with Gasteiger partial charge in [0.2, 0.25) is 0 Å². The van der Waals surface area contributed by atoms with Crippen molar-refractivity contribution >= 4 is 22.4 Å². The van der Waals surface area contributed by atoms with Crippen LogP contribution in [0.15, 0.2) is 54.9 Å². The molecule has 4 heterocycles. The number of aryl methyl sites for hydroxylation is 1. The first-order valence-corrected chi connectivity index (χ1v) is 11.9. The summed E-state index contributed by atoms with van der Waals surface area (Å²) in [5.74, 6) is 0. The molecule has 7 heteroatoms. The molecule has 2 aromatic heterocycles. The van der Waals surface area contributed by atoms with Crippen molar-refractivity contribution in [2.75, 3.05) is 49.1 Å². The molecular weight excluding hydrogens is 414 g/mol. The third-order valence-corrected chi connectivity index (χ3v) is 7.12. The van der Waals surface area contributed by atoms with Crippen molar-refractivity contribution in [3.8, 4) is 0 Å². The van der Waals surface area contributed by atoms with Gasteiger partial charge in [0.05, 0.1) is 22.4 Å². The Morgan fingerprint density at radius 2 is 1.64 bits per heavy atom. The summed E-state index contributed by atoms with van der Waals surface area (Å²) in [7, 11) is 0. The van der Waals surface area contributed by atoms with Crippen LogP contribution in [0.2, 0.25) is 0 Å². The highest BCUT2D eigenvalue weighted by Gasteiger charge is 2.38. The zero-order valence-corrected chi connectivity index (χ0v) is 19.2. The molecule has 1 aromatic carbocycles. The zero-order chi connectivity index (χ0) is 22.9. The fraction of sp³-hybridized carbons (Fsp3) is 0.462. The third-order valence-electron chi connectivity index (χ3n) is 7.12. The van der Waals surface area contributed by atoms with Crippen molar-refractivity contribution in [1.82, 2.24) is 15.3 Å². The number of aliphatic hydroxyl groups is 2. The summed E-state index contributed by atoms with van der Waals surface area (Å²) in [4.78, 5) is 13.4. The van der Waals surface area contributed by atoms with Gasteiger partial charge in [-0.15, -0.1) is 0 Å². The lowest BCUT2D eigenvalue weighted by Gasteiger charge is -2.40. The normalized spacial score (nSPS) is 22.8. The number of aromatic nitrogens is 2. The summed E-state index contributed by atoms with van der Waals surface area (Å²) in [6.07, 6.45) is 5.69. The van der Waals surface area contributed by atoms with Crippen LogP contribution in [-0.4, -0.2) is 70.7 Å². The summed E-state index contributed by atoms with van der Waals surface area (Å²) in [5.41, 5.74) is 3.66. The smallest absolute Gasteiger partial charge is 0.112 e. The molecule has 1 atom stereocenters. The maximum Gasteiger partial charge on any atom is 0.112 e. The Labute approximate surface area is 195 Å². The van der Waals surface area contributed by atoms with Gasteiger partial charge >= 0.3 is 0 Å². The summed E-state index contributed by atoms with van der Waals surface area (Å²) < 4.78 is 0. The van der Waals surface area contributed by atoms with Crippen molar-refractivity contribution in [2.45, 2.75) is 37.4 Å². The molecule has 0 spiro atoms. The number of anilines is 2. The van der Waals surface area contributed by atoms with Gasteiger partial charge in [0.25, 0.3) is 0 Å². The van der Waals surface area contributed by atoms with Crippen LogP contribution in [0.4, 0.5) is 11.4 Å². The molecular formula is C26H33N5O2. The van der Waals surface area contributed by atoms with Gasteiger partial charge in [-0.3, -0.25) is 9.97 Å². The maximum atomic E-state index is 11.2. The lowest BCUT2D eigenvalue weighted by molar-refractivity contribution is 0.00642. The van der Waals surface area contributed by atoms with E-state index in [4.69, 9.17) is 0 Å². The van der Waals surface area contributed by atoms with E-state index < -0.39 is 11.2 Å². The molecule has 0 amide bonds. The number of pyridine rings is 2. The Balaban J connectivity index is 1.14. The highest BCUT2D eigenvalue weighted by molar-refractivity contribution is 5.87. The summed E-state index contributed by atoms with van der Waals surface area (Å²) in [6.45, 7) is 6.04. The predicted molar refractivity (Wildman–Crippen MR) is 132 cm³/mol. The number of nitrogens with one attached hydrogen (secondary N) is 1. The molecule has 5 rings (SSSR count). The number of rotatable bonds is 6.